The third-order valence-corrected chi connectivity index (χ3v) is 0. The van der Waals surface area contributed by atoms with Crippen LogP contribution in [-0.2, 0) is 1.49 Å². The topological polar surface area (TPSA) is 80.4 Å². The van der Waals surface area contributed by atoms with Crippen LogP contribution in [0.1, 0.15) is 0 Å². The molecule has 0 aromatic heterocycles. The summed E-state index contributed by atoms with van der Waals surface area (Å²) in [4.78, 5) is 8.36. The van der Waals surface area contributed by atoms with Gasteiger partial charge in [-0.25, -0.2) is 0 Å². The summed E-state index contributed by atoms with van der Waals surface area (Å²) in [5.74, 6) is 0. The van der Waals surface area contributed by atoms with E-state index in [9.17, 15) is 0 Å². The van der Waals surface area contributed by atoms with E-state index < -0.39 is 5.09 Å². The molecule has 0 aliphatic rings. The van der Waals surface area contributed by atoms with Crippen LogP contribution in [0.3, 0.4) is 0 Å². The Hall–Kier alpha value is 0.247. The van der Waals surface area contributed by atoms with E-state index in [0.29, 0.717) is 0 Å². The van der Waals surface area contributed by atoms with Crippen molar-refractivity contribution in [2.24, 2.45) is 0 Å². The SMILES string of the molecule is O=[N+]([O-])O.[O]=[Er]. The molecule has 0 aliphatic heterocycles. The molecular formula is HErNO4. The van der Waals surface area contributed by atoms with Gasteiger partial charge in [0, 0.05) is 0 Å². The molecule has 0 fully saturated rings. The van der Waals surface area contributed by atoms with E-state index in [1.54, 1.807) is 0 Å². The summed E-state index contributed by atoms with van der Waals surface area (Å²) >= 11 is 1.17. The fraction of sp³-hybridized carbons (Fsp3) is 0. The molecule has 0 saturated carbocycles. The molecule has 0 spiro atoms. The van der Waals surface area contributed by atoms with E-state index in [2.05, 4.69) is 0 Å². The zero-order valence-electron chi connectivity index (χ0n) is 2.41. The fourth-order valence-corrected chi connectivity index (χ4v) is 0. The van der Waals surface area contributed by atoms with Crippen LogP contribution in [0.15, 0.2) is 0 Å². The van der Waals surface area contributed by atoms with Crippen molar-refractivity contribution in [3.63, 3.8) is 0 Å². The van der Waals surface area contributed by atoms with E-state index in [4.69, 9.17) is 16.8 Å². The van der Waals surface area contributed by atoms with Gasteiger partial charge in [-0.2, -0.15) is 0 Å². The molecule has 42 valence electrons. The maximum absolute atomic E-state index is 8.36. The molecule has 0 aromatic rings. The third kappa shape index (κ3) is 735. The van der Waals surface area contributed by atoms with Crippen molar-refractivity contribution < 1.29 is 47.2 Å². The maximum atomic E-state index is 8.36. The standard InChI is InChI=1S/Er.HNO3.O/c;2-1(3)4;/h;(H,2,3,4);. The molecule has 0 atom stereocenters. The minimum atomic E-state index is -1.50. The molecule has 6 heavy (non-hydrogen) atoms. The van der Waals surface area contributed by atoms with Crippen LogP contribution in [0, 0.1) is 45.6 Å². The van der Waals surface area contributed by atoms with Gasteiger partial charge < -0.3 is 5.21 Å². The Morgan fingerprint density at radius 1 is 1.67 bits per heavy atom. The molecule has 0 aromatic carbocycles. The molecule has 0 rings (SSSR count). The van der Waals surface area contributed by atoms with Crippen LogP contribution in [0.4, 0.5) is 0 Å². The molecule has 6 heteroatoms. The molecular weight excluding hydrogens is 245 g/mol. The van der Waals surface area contributed by atoms with Crippen molar-refractivity contribution in [3.8, 4) is 0 Å². The van der Waals surface area contributed by atoms with Crippen molar-refractivity contribution in [3.05, 3.63) is 10.1 Å². The first-order valence-corrected chi connectivity index (χ1v) is 1.44. The molecule has 0 aliphatic carbocycles. The second-order valence-electron chi connectivity index (χ2n) is 0.238. The predicted molar refractivity (Wildman–Crippen MR) is 9.47 cm³/mol. The van der Waals surface area contributed by atoms with E-state index in [0.717, 1.165) is 0 Å². The zero-order valence-corrected chi connectivity index (χ0v) is 4.26. The molecule has 0 amide bonds. The van der Waals surface area contributed by atoms with Crippen molar-refractivity contribution in [2.75, 3.05) is 0 Å². The zero-order chi connectivity index (χ0) is 5.58. The van der Waals surface area contributed by atoms with Gasteiger partial charge >= 0.3 is 36.9 Å². The monoisotopic (exact) mass is 245 g/mol. The van der Waals surface area contributed by atoms with Crippen LogP contribution in [-0.4, -0.2) is 10.3 Å². The van der Waals surface area contributed by atoms with Crippen molar-refractivity contribution in [1.82, 2.24) is 0 Å². The first kappa shape index (κ1) is 9.54. The summed E-state index contributed by atoms with van der Waals surface area (Å²) in [6.07, 6.45) is 0. The Morgan fingerprint density at radius 2 is 1.67 bits per heavy atom. The Bertz CT molecular complexity index is 38.8. The van der Waals surface area contributed by atoms with Gasteiger partial charge in [0.05, 0.1) is 0 Å². The summed E-state index contributed by atoms with van der Waals surface area (Å²) < 4.78 is 8.17. The van der Waals surface area contributed by atoms with Crippen LogP contribution in [0.5, 0.6) is 0 Å². The summed E-state index contributed by atoms with van der Waals surface area (Å²) in [7, 11) is 0. The molecule has 0 radical (unpaired) electrons. The molecule has 0 bridgehead atoms. The Balaban J connectivity index is 0. The number of hydrogen-bond acceptors (Lipinski definition) is 3. The van der Waals surface area contributed by atoms with Crippen molar-refractivity contribution >= 4 is 0 Å². The summed E-state index contributed by atoms with van der Waals surface area (Å²) in [5, 5.41) is 13.6. The van der Waals surface area contributed by atoms with Gasteiger partial charge in [-0.05, 0) is 0 Å². The second kappa shape index (κ2) is 8.98. The van der Waals surface area contributed by atoms with Gasteiger partial charge in [0.1, 0.15) is 0 Å². The van der Waals surface area contributed by atoms with Gasteiger partial charge in [0.15, 0.2) is 0 Å². The Labute approximate surface area is 57.1 Å². The van der Waals surface area contributed by atoms with Gasteiger partial charge in [-0.15, -0.1) is 10.1 Å². The van der Waals surface area contributed by atoms with E-state index >= 15 is 0 Å². The van der Waals surface area contributed by atoms with Crippen LogP contribution in [0.2, 0.25) is 0 Å². The first-order valence-electron chi connectivity index (χ1n) is 0.683. The van der Waals surface area contributed by atoms with Gasteiger partial charge in [0.2, 0.25) is 0 Å². The second-order valence-corrected chi connectivity index (χ2v) is 0.238. The van der Waals surface area contributed by atoms with E-state index in [-0.39, 0.29) is 0 Å². The molecule has 0 saturated heterocycles. The van der Waals surface area contributed by atoms with Crippen LogP contribution >= 0.6 is 0 Å². The quantitative estimate of drug-likeness (QED) is 0.463. The average molecular weight is 246 g/mol. The van der Waals surface area contributed by atoms with Gasteiger partial charge in [-0.1, -0.05) is 0 Å². The van der Waals surface area contributed by atoms with E-state index in [1.165, 1.54) is 35.5 Å². The summed E-state index contributed by atoms with van der Waals surface area (Å²) in [6.45, 7) is 0. The van der Waals surface area contributed by atoms with E-state index in [1.807, 2.05) is 0 Å². The average Bonchev–Trinajstić information content (AvgIpc) is 1.41. The Morgan fingerprint density at radius 3 is 1.67 bits per heavy atom. The Kier molecular flexibility index (Phi) is 14.3. The summed E-state index contributed by atoms with van der Waals surface area (Å²) in [6, 6.07) is 0. The van der Waals surface area contributed by atoms with Crippen LogP contribution < -0.4 is 0 Å². The first-order chi connectivity index (χ1) is 2.73. The number of rotatable bonds is 0. The molecule has 0 unspecified atom stereocenters. The normalized spacial score (nSPS) is 5.00. The predicted octanol–water partition coefficient (Wildman–Crippen LogP) is -0.467. The third-order valence-electron chi connectivity index (χ3n) is 0. The van der Waals surface area contributed by atoms with Crippen molar-refractivity contribution in [1.29, 1.82) is 0 Å². The summed E-state index contributed by atoms with van der Waals surface area (Å²) in [5.41, 5.74) is 0. The minimum absolute atomic E-state index is 1.17. The fourth-order valence-electron chi connectivity index (χ4n) is 0. The number of hydrogen-bond donors (Lipinski definition) is 1. The van der Waals surface area contributed by atoms with Gasteiger partial charge in [-0.3, -0.25) is 0 Å². The van der Waals surface area contributed by atoms with Gasteiger partial charge in [0.25, 0.3) is 5.09 Å². The molecule has 1 N–H and O–H groups in total. The molecule has 0 heterocycles. The molecule has 5 nitrogen and oxygen atoms in total. The van der Waals surface area contributed by atoms with Crippen LogP contribution in [0.25, 0.3) is 0 Å². The van der Waals surface area contributed by atoms with Crippen molar-refractivity contribution in [2.45, 2.75) is 0 Å². The number of nitrogens with zero attached hydrogens (tertiary/aromatic N) is 1.